The number of carbonyl (C=O) groups excluding carboxylic acids is 1. The number of carbonyl (C=O) groups is 1. The second kappa shape index (κ2) is 5.66. The van der Waals surface area contributed by atoms with Crippen LogP contribution in [0.15, 0.2) is 53.5 Å². The molecule has 22 heavy (non-hydrogen) atoms. The number of rotatable bonds is 2. The highest BCUT2D eigenvalue weighted by Crippen LogP contribution is 2.40. The second-order valence-electron chi connectivity index (χ2n) is 5.20. The van der Waals surface area contributed by atoms with E-state index >= 15 is 0 Å². The maximum absolute atomic E-state index is 12.9. The van der Waals surface area contributed by atoms with Gasteiger partial charge in [0.25, 0.3) is 5.91 Å². The molecule has 3 aromatic rings. The number of nitrogens with zero attached hydrogens (tertiary/aromatic N) is 2. The summed E-state index contributed by atoms with van der Waals surface area (Å²) in [6, 6.07) is 9.95. The minimum Gasteiger partial charge on any atom is -0.326 e. The lowest BCUT2D eigenvalue weighted by Gasteiger charge is -2.35. The van der Waals surface area contributed by atoms with E-state index in [1.54, 1.807) is 47.2 Å². The average molecular weight is 326 g/mol. The van der Waals surface area contributed by atoms with Gasteiger partial charge in [-0.2, -0.15) is 0 Å². The van der Waals surface area contributed by atoms with E-state index in [-0.39, 0.29) is 11.9 Å². The van der Waals surface area contributed by atoms with Gasteiger partial charge in [0.1, 0.15) is 0 Å². The summed E-state index contributed by atoms with van der Waals surface area (Å²) in [4.78, 5) is 21.6. The summed E-state index contributed by atoms with van der Waals surface area (Å²) in [5.74, 6) is 0.0812. The highest BCUT2D eigenvalue weighted by molar-refractivity contribution is 7.10. The molecule has 5 heteroatoms. The van der Waals surface area contributed by atoms with Crippen LogP contribution >= 0.6 is 22.7 Å². The van der Waals surface area contributed by atoms with E-state index in [1.165, 1.54) is 15.3 Å². The summed E-state index contributed by atoms with van der Waals surface area (Å²) in [5, 5.41) is 4.21. The quantitative estimate of drug-likeness (QED) is 0.713. The van der Waals surface area contributed by atoms with Gasteiger partial charge in [0.2, 0.25) is 0 Å². The van der Waals surface area contributed by atoms with Crippen molar-refractivity contribution < 1.29 is 4.79 Å². The van der Waals surface area contributed by atoms with Crippen LogP contribution in [0, 0.1) is 0 Å². The maximum atomic E-state index is 12.9. The first-order valence-electron chi connectivity index (χ1n) is 7.15. The zero-order chi connectivity index (χ0) is 14.9. The Labute approximate surface area is 136 Å². The molecular formula is C17H14N2OS2. The molecule has 1 unspecified atom stereocenters. The summed E-state index contributed by atoms with van der Waals surface area (Å²) in [6.45, 7) is 0.761. The Morgan fingerprint density at radius 3 is 2.77 bits per heavy atom. The number of amides is 1. The Hall–Kier alpha value is -1.98. The fourth-order valence-corrected chi connectivity index (χ4v) is 4.71. The normalized spacial score (nSPS) is 17.3. The van der Waals surface area contributed by atoms with Crippen LogP contribution in [0.3, 0.4) is 0 Å². The largest absolute Gasteiger partial charge is 0.326 e. The number of aromatic nitrogens is 1. The van der Waals surface area contributed by atoms with Crippen LogP contribution in [0.2, 0.25) is 0 Å². The Kier molecular flexibility index (Phi) is 3.52. The maximum Gasteiger partial charge on any atom is 0.254 e. The minimum absolute atomic E-state index is 0.0377. The van der Waals surface area contributed by atoms with Crippen LogP contribution in [0.25, 0.3) is 0 Å². The van der Waals surface area contributed by atoms with Gasteiger partial charge in [-0.3, -0.25) is 9.78 Å². The monoisotopic (exact) mass is 326 g/mol. The Morgan fingerprint density at radius 1 is 1.14 bits per heavy atom. The van der Waals surface area contributed by atoms with Gasteiger partial charge in [-0.25, -0.2) is 0 Å². The number of thiophene rings is 2. The summed E-state index contributed by atoms with van der Waals surface area (Å²) in [6.07, 6.45) is 4.28. The Balaban J connectivity index is 1.77. The van der Waals surface area contributed by atoms with Crippen molar-refractivity contribution in [2.75, 3.05) is 6.54 Å². The first kappa shape index (κ1) is 13.7. The lowest BCUT2D eigenvalue weighted by molar-refractivity contribution is 0.0698. The third-order valence-corrected chi connectivity index (χ3v) is 5.89. The Bertz CT molecular complexity index is 780. The number of hydrogen-bond donors (Lipinski definition) is 0. The van der Waals surface area contributed by atoms with Gasteiger partial charge in [-0.1, -0.05) is 6.07 Å². The molecule has 0 radical (unpaired) electrons. The molecule has 0 aromatic carbocycles. The first-order valence-corrected chi connectivity index (χ1v) is 8.91. The van der Waals surface area contributed by atoms with E-state index < -0.39 is 0 Å². The molecule has 1 aliphatic heterocycles. The molecule has 4 rings (SSSR count). The molecule has 0 aliphatic carbocycles. The van der Waals surface area contributed by atoms with Gasteiger partial charge in [-0.05, 0) is 47.0 Å². The molecule has 1 amide bonds. The topological polar surface area (TPSA) is 33.2 Å². The highest BCUT2D eigenvalue weighted by Gasteiger charge is 2.33. The van der Waals surface area contributed by atoms with Crippen molar-refractivity contribution >= 4 is 28.6 Å². The third-order valence-electron chi connectivity index (χ3n) is 3.97. The van der Waals surface area contributed by atoms with E-state index in [4.69, 9.17) is 0 Å². The van der Waals surface area contributed by atoms with Crippen LogP contribution in [-0.4, -0.2) is 22.3 Å². The number of fused-ring (bicyclic) bond motifs is 1. The van der Waals surface area contributed by atoms with Gasteiger partial charge < -0.3 is 4.90 Å². The zero-order valence-electron chi connectivity index (χ0n) is 11.8. The SMILES string of the molecule is O=C(c1ccncc1)N1CCc2sccc2C1c1cccs1. The van der Waals surface area contributed by atoms with Crippen LogP contribution in [0.4, 0.5) is 0 Å². The van der Waals surface area contributed by atoms with Gasteiger partial charge in [0.15, 0.2) is 0 Å². The minimum atomic E-state index is 0.0377. The van der Waals surface area contributed by atoms with E-state index in [0.29, 0.717) is 5.56 Å². The van der Waals surface area contributed by atoms with E-state index in [1.807, 2.05) is 4.90 Å². The van der Waals surface area contributed by atoms with Crippen molar-refractivity contribution in [2.24, 2.45) is 0 Å². The number of pyridine rings is 1. The molecule has 4 heterocycles. The predicted octanol–water partition coefficient (Wildman–Crippen LogP) is 3.99. The van der Waals surface area contributed by atoms with Gasteiger partial charge >= 0.3 is 0 Å². The molecule has 0 spiro atoms. The van der Waals surface area contributed by atoms with Gasteiger partial charge in [0, 0.05) is 34.3 Å². The van der Waals surface area contributed by atoms with Crippen molar-refractivity contribution in [1.29, 1.82) is 0 Å². The van der Waals surface area contributed by atoms with Crippen molar-refractivity contribution in [1.82, 2.24) is 9.88 Å². The summed E-state index contributed by atoms with van der Waals surface area (Å²) in [5.41, 5.74) is 1.98. The van der Waals surface area contributed by atoms with Crippen molar-refractivity contribution in [3.8, 4) is 0 Å². The molecule has 1 aliphatic rings. The lowest BCUT2D eigenvalue weighted by Crippen LogP contribution is -2.39. The molecule has 0 fully saturated rings. The third kappa shape index (κ3) is 2.26. The van der Waals surface area contributed by atoms with Crippen molar-refractivity contribution in [2.45, 2.75) is 12.5 Å². The molecule has 0 saturated carbocycles. The molecule has 0 N–H and O–H groups in total. The predicted molar refractivity (Wildman–Crippen MR) is 89.5 cm³/mol. The molecule has 3 aromatic heterocycles. The summed E-state index contributed by atoms with van der Waals surface area (Å²) >= 11 is 3.50. The molecule has 3 nitrogen and oxygen atoms in total. The molecule has 110 valence electrons. The van der Waals surface area contributed by atoms with Crippen LogP contribution < -0.4 is 0 Å². The lowest BCUT2D eigenvalue weighted by atomic mass is 9.97. The second-order valence-corrected chi connectivity index (χ2v) is 7.18. The summed E-state index contributed by atoms with van der Waals surface area (Å²) in [7, 11) is 0. The first-order chi connectivity index (χ1) is 10.8. The van der Waals surface area contributed by atoms with Crippen molar-refractivity contribution in [3.63, 3.8) is 0 Å². The van der Waals surface area contributed by atoms with Gasteiger partial charge in [0.05, 0.1) is 6.04 Å². The zero-order valence-corrected chi connectivity index (χ0v) is 13.4. The number of hydrogen-bond acceptors (Lipinski definition) is 4. The highest BCUT2D eigenvalue weighted by atomic mass is 32.1. The van der Waals surface area contributed by atoms with Crippen LogP contribution in [0.5, 0.6) is 0 Å². The van der Waals surface area contributed by atoms with E-state index in [9.17, 15) is 4.79 Å². The van der Waals surface area contributed by atoms with Crippen LogP contribution in [-0.2, 0) is 6.42 Å². The summed E-state index contributed by atoms with van der Waals surface area (Å²) < 4.78 is 0. The molecule has 0 bridgehead atoms. The average Bonchev–Trinajstić information content (AvgIpc) is 3.25. The fourth-order valence-electron chi connectivity index (χ4n) is 2.95. The van der Waals surface area contributed by atoms with E-state index in [0.717, 1.165) is 13.0 Å². The smallest absolute Gasteiger partial charge is 0.254 e. The Morgan fingerprint density at radius 2 is 2.00 bits per heavy atom. The molecule has 1 atom stereocenters. The van der Waals surface area contributed by atoms with Crippen molar-refractivity contribution in [3.05, 3.63) is 74.4 Å². The van der Waals surface area contributed by atoms with Crippen LogP contribution in [0.1, 0.15) is 31.7 Å². The van der Waals surface area contributed by atoms with Gasteiger partial charge in [-0.15, -0.1) is 22.7 Å². The molecule has 0 saturated heterocycles. The standard InChI is InChI=1S/C17H14N2OS2/c20-17(12-3-7-18-8-4-12)19-9-5-14-13(6-11-22-14)16(19)15-2-1-10-21-15/h1-4,6-8,10-11,16H,5,9H2. The molecular weight excluding hydrogens is 312 g/mol. The fraction of sp³-hybridized carbons (Fsp3) is 0.176. The van der Waals surface area contributed by atoms with E-state index in [2.05, 4.69) is 33.9 Å².